The standard InChI is InChI=1S/C12H14OS/c13-11-8-4-5-9-12(11)14-10-6-2-1-3-7-10/h1-3,6-7,12H,4-5,8-9H2. The molecular formula is C12H14OS. The molecule has 0 bridgehead atoms. The van der Waals surface area contributed by atoms with Crippen LogP contribution in [-0.2, 0) is 4.79 Å². The van der Waals surface area contributed by atoms with Gasteiger partial charge in [0.2, 0.25) is 0 Å². The number of thioether (sulfide) groups is 1. The van der Waals surface area contributed by atoms with E-state index >= 15 is 0 Å². The molecule has 2 heteroatoms. The van der Waals surface area contributed by atoms with E-state index in [0.717, 1.165) is 19.3 Å². The molecule has 2 rings (SSSR count). The molecule has 0 N–H and O–H groups in total. The Morgan fingerprint density at radius 3 is 2.64 bits per heavy atom. The third-order valence-corrected chi connectivity index (χ3v) is 3.85. The molecule has 1 unspecified atom stereocenters. The average Bonchev–Trinajstić information content (AvgIpc) is 2.23. The summed E-state index contributed by atoms with van der Waals surface area (Å²) in [6, 6.07) is 10.2. The van der Waals surface area contributed by atoms with Crippen LogP contribution in [0.5, 0.6) is 0 Å². The van der Waals surface area contributed by atoms with Gasteiger partial charge in [0, 0.05) is 11.3 Å². The van der Waals surface area contributed by atoms with Gasteiger partial charge in [-0.25, -0.2) is 0 Å². The van der Waals surface area contributed by atoms with Crippen LogP contribution in [0.15, 0.2) is 35.2 Å². The highest BCUT2D eigenvalue weighted by atomic mass is 32.2. The second kappa shape index (κ2) is 4.65. The van der Waals surface area contributed by atoms with E-state index < -0.39 is 0 Å². The quantitative estimate of drug-likeness (QED) is 0.738. The summed E-state index contributed by atoms with van der Waals surface area (Å²) in [4.78, 5) is 12.8. The molecule has 0 spiro atoms. The van der Waals surface area contributed by atoms with Gasteiger partial charge in [-0.3, -0.25) is 4.79 Å². The lowest BCUT2D eigenvalue weighted by atomic mass is 9.99. The van der Waals surface area contributed by atoms with Crippen LogP contribution in [0.2, 0.25) is 0 Å². The van der Waals surface area contributed by atoms with Crippen molar-refractivity contribution in [3.8, 4) is 0 Å². The summed E-state index contributed by atoms with van der Waals surface area (Å²) in [5, 5.41) is 0.214. The van der Waals surface area contributed by atoms with Crippen molar-refractivity contribution < 1.29 is 4.79 Å². The molecule has 14 heavy (non-hydrogen) atoms. The van der Waals surface area contributed by atoms with Crippen molar-refractivity contribution in [2.75, 3.05) is 0 Å². The minimum Gasteiger partial charge on any atom is -0.298 e. The van der Waals surface area contributed by atoms with Gasteiger partial charge in [0.1, 0.15) is 5.78 Å². The maximum atomic E-state index is 11.6. The van der Waals surface area contributed by atoms with Crippen molar-refractivity contribution >= 4 is 17.5 Å². The molecule has 0 amide bonds. The zero-order valence-corrected chi connectivity index (χ0v) is 8.93. The number of Topliss-reactive ketones (excluding diaryl/α,β-unsaturated/α-hetero) is 1. The van der Waals surface area contributed by atoms with Gasteiger partial charge in [-0.2, -0.15) is 0 Å². The van der Waals surface area contributed by atoms with Gasteiger partial charge in [0.15, 0.2) is 0 Å². The highest BCUT2D eigenvalue weighted by Crippen LogP contribution is 2.31. The van der Waals surface area contributed by atoms with Crippen molar-refractivity contribution in [3.05, 3.63) is 30.3 Å². The molecule has 1 fully saturated rings. The molecule has 1 aromatic rings. The Hall–Kier alpha value is -0.760. The Morgan fingerprint density at radius 2 is 1.93 bits per heavy atom. The average molecular weight is 206 g/mol. The summed E-state index contributed by atoms with van der Waals surface area (Å²) in [6.45, 7) is 0. The number of carbonyl (C=O) groups excluding carboxylic acids is 1. The van der Waals surface area contributed by atoms with Crippen molar-refractivity contribution in [2.24, 2.45) is 0 Å². The van der Waals surface area contributed by atoms with E-state index in [4.69, 9.17) is 0 Å². The summed E-state index contributed by atoms with van der Waals surface area (Å²) < 4.78 is 0. The summed E-state index contributed by atoms with van der Waals surface area (Å²) in [7, 11) is 0. The first-order valence-corrected chi connectivity index (χ1v) is 5.98. The van der Waals surface area contributed by atoms with Crippen molar-refractivity contribution in [1.29, 1.82) is 0 Å². The number of hydrogen-bond donors (Lipinski definition) is 0. The predicted molar refractivity (Wildman–Crippen MR) is 59.6 cm³/mol. The smallest absolute Gasteiger partial charge is 0.146 e. The molecule has 1 aliphatic carbocycles. The van der Waals surface area contributed by atoms with Crippen LogP contribution in [0.25, 0.3) is 0 Å². The van der Waals surface area contributed by atoms with Crippen LogP contribution in [-0.4, -0.2) is 11.0 Å². The van der Waals surface area contributed by atoms with Gasteiger partial charge in [-0.05, 0) is 25.0 Å². The van der Waals surface area contributed by atoms with Gasteiger partial charge < -0.3 is 0 Å². The first-order valence-electron chi connectivity index (χ1n) is 5.11. The van der Waals surface area contributed by atoms with Crippen LogP contribution in [0.1, 0.15) is 25.7 Å². The predicted octanol–water partition coefficient (Wildman–Crippen LogP) is 3.29. The molecule has 1 aromatic carbocycles. The van der Waals surface area contributed by atoms with E-state index in [1.165, 1.54) is 11.3 Å². The third kappa shape index (κ3) is 2.38. The monoisotopic (exact) mass is 206 g/mol. The van der Waals surface area contributed by atoms with Gasteiger partial charge >= 0.3 is 0 Å². The van der Waals surface area contributed by atoms with E-state index in [1.54, 1.807) is 11.8 Å². The third-order valence-electron chi connectivity index (χ3n) is 2.52. The van der Waals surface area contributed by atoms with E-state index in [9.17, 15) is 4.79 Å². The fraction of sp³-hybridized carbons (Fsp3) is 0.417. The van der Waals surface area contributed by atoms with Crippen molar-refractivity contribution in [1.82, 2.24) is 0 Å². The summed E-state index contributed by atoms with van der Waals surface area (Å²) in [5.41, 5.74) is 0. The Labute approximate surface area is 88.9 Å². The van der Waals surface area contributed by atoms with Crippen molar-refractivity contribution in [2.45, 2.75) is 35.8 Å². The second-order valence-electron chi connectivity index (χ2n) is 3.63. The normalized spacial score (nSPS) is 22.3. The van der Waals surface area contributed by atoms with Crippen LogP contribution in [0.3, 0.4) is 0 Å². The maximum Gasteiger partial charge on any atom is 0.146 e. The first-order chi connectivity index (χ1) is 6.86. The fourth-order valence-corrected chi connectivity index (χ4v) is 2.92. The zero-order valence-electron chi connectivity index (χ0n) is 8.11. The molecule has 0 saturated heterocycles. The van der Waals surface area contributed by atoms with Gasteiger partial charge in [0.05, 0.1) is 5.25 Å². The van der Waals surface area contributed by atoms with E-state index in [-0.39, 0.29) is 5.25 Å². The Kier molecular flexibility index (Phi) is 3.25. The molecule has 1 saturated carbocycles. The lowest BCUT2D eigenvalue weighted by molar-refractivity contribution is -0.119. The molecule has 0 aliphatic heterocycles. The summed E-state index contributed by atoms with van der Waals surface area (Å²) in [6.07, 6.45) is 4.13. The molecule has 0 aromatic heterocycles. The number of hydrogen-bond acceptors (Lipinski definition) is 2. The van der Waals surface area contributed by atoms with Crippen molar-refractivity contribution in [3.63, 3.8) is 0 Å². The van der Waals surface area contributed by atoms with Crippen LogP contribution < -0.4 is 0 Å². The van der Waals surface area contributed by atoms with Crippen LogP contribution >= 0.6 is 11.8 Å². The molecular weight excluding hydrogens is 192 g/mol. The number of benzene rings is 1. The lowest BCUT2D eigenvalue weighted by Crippen LogP contribution is -2.20. The topological polar surface area (TPSA) is 17.1 Å². The van der Waals surface area contributed by atoms with E-state index in [0.29, 0.717) is 5.78 Å². The minimum atomic E-state index is 0.214. The maximum absolute atomic E-state index is 11.6. The number of ketones is 1. The first kappa shape index (κ1) is 9.78. The van der Waals surface area contributed by atoms with Gasteiger partial charge in [0.25, 0.3) is 0 Å². The zero-order chi connectivity index (χ0) is 9.80. The highest BCUT2D eigenvalue weighted by molar-refractivity contribution is 8.00. The van der Waals surface area contributed by atoms with Crippen LogP contribution in [0, 0.1) is 0 Å². The summed E-state index contributed by atoms with van der Waals surface area (Å²) in [5.74, 6) is 0.435. The molecule has 74 valence electrons. The van der Waals surface area contributed by atoms with Crippen LogP contribution in [0.4, 0.5) is 0 Å². The molecule has 1 aliphatic rings. The molecule has 1 nitrogen and oxygen atoms in total. The molecule has 0 heterocycles. The van der Waals surface area contributed by atoms with Gasteiger partial charge in [-0.15, -0.1) is 11.8 Å². The molecule has 1 atom stereocenters. The van der Waals surface area contributed by atoms with Gasteiger partial charge in [-0.1, -0.05) is 24.6 Å². The Morgan fingerprint density at radius 1 is 1.14 bits per heavy atom. The minimum absolute atomic E-state index is 0.214. The largest absolute Gasteiger partial charge is 0.298 e. The van der Waals surface area contributed by atoms with E-state index in [1.807, 2.05) is 18.2 Å². The summed E-state index contributed by atoms with van der Waals surface area (Å²) >= 11 is 1.72. The molecule has 0 radical (unpaired) electrons. The number of carbonyl (C=O) groups is 1. The second-order valence-corrected chi connectivity index (χ2v) is 4.91. The van der Waals surface area contributed by atoms with E-state index in [2.05, 4.69) is 12.1 Å². The Bertz CT molecular complexity index is 307. The SMILES string of the molecule is O=C1CCCCC1Sc1ccccc1. The Balaban J connectivity index is 2.00. The lowest BCUT2D eigenvalue weighted by Gasteiger charge is -2.19. The highest BCUT2D eigenvalue weighted by Gasteiger charge is 2.22. The fourth-order valence-electron chi connectivity index (χ4n) is 1.74. The number of rotatable bonds is 2.